The molecule has 0 unspecified atom stereocenters. The molecule has 1 heterocycles. The fourth-order valence-corrected chi connectivity index (χ4v) is 4.30. The van der Waals surface area contributed by atoms with Crippen molar-refractivity contribution >= 4 is 23.7 Å². The van der Waals surface area contributed by atoms with Gasteiger partial charge in [0, 0.05) is 9.75 Å². The van der Waals surface area contributed by atoms with E-state index in [-0.39, 0.29) is 0 Å². The second-order valence-corrected chi connectivity index (χ2v) is 6.74. The van der Waals surface area contributed by atoms with Gasteiger partial charge < -0.3 is 0 Å². The van der Waals surface area contributed by atoms with Crippen LogP contribution >= 0.6 is 11.3 Å². The zero-order valence-electron chi connectivity index (χ0n) is 11.5. The van der Waals surface area contributed by atoms with Crippen molar-refractivity contribution in [2.75, 3.05) is 0 Å². The topological polar surface area (TPSA) is 17.1 Å². The van der Waals surface area contributed by atoms with Gasteiger partial charge >= 0.3 is 0 Å². The van der Waals surface area contributed by atoms with Crippen LogP contribution in [-0.2, 0) is 4.79 Å². The molecule has 2 rings (SSSR count). The van der Waals surface area contributed by atoms with Gasteiger partial charge in [0.15, 0.2) is 0 Å². The predicted molar refractivity (Wildman–Crippen MR) is 79.5 cm³/mol. The third-order valence-electron chi connectivity index (χ3n) is 3.83. The van der Waals surface area contributed by atoms with E-state index in [9.17, 15) is 4.79 Å². The molecule has 0 aliphatic heterocycles. The molecule has 0 amide bonds. The van der Waals surface area contributed by atoms with E-state index >= 15 is 0 Å². The van der Waals surface area contributed by atoms with Crippen LogP contribution in [0.3, 0.4) is 0 Å². The van der Waals surface area contributed by atoms with E-state index in [1.165, 1.54) is 46.6 Å². The summed E-state index contributed by atoms with van der Waals surface area (Å²) in [5, 5.41) is 0. The van der Waals surface area contributed by atoms with Crippen molar-refractivity contribution in [3.05, 3.63) is 27.0 Å². The number of thiophene rings is 1. The lowest BCUT2D eigenvalue weighted by Crippen LogP contribution is -1.96. The predicted octanol–water partition coefficient (Wildman–Crippen LogP) is 5.05. The molecule has 18 heavy (non-hydrogen) atoms. The van der Waals surface area contributed by atoms with E-state index < -0.39 is 0 Å². The standard InChI is InChI=1S/C16H22OS/c1-11(2)16-14(9-6-10-17)15(12(3)18-16)13-7-4-5-8-13/h6,9-11,13H,4-5,7-8H2,1-3H3/b9-6+. The van der Waals surface area contributed by atoms with E-state index in [0.717, 1.165) is 12.2 Å². The molecule has 98 valence electrons. The third-order valence-corrected chi connectivity index (χ3v) is 5.26. The fraction of sp³-hybridized carbons (Fsp3) is 0.562. The molecule has 0 N–H and O–H groups in total. The Balaban J connectivity index is 2.48. The lowest BCUT2D eigenvalue weighted by Gasteiger charge is -2.12. The lowest BCUT2D eigenvalue weighted by molar-refractivity contribution is -0.104. The van der Waals surface area contributed by atoms with Gasteiger partial charge in [0.25, 0.3) is 0 Å². The first kappa shape index (κ1) is 13.5. The summed E-state index contributed by atoms with van der Waals surface area (Å²) < 4.78 is 0. The van der Waals surface area contributed by atoms with Gasteiger partial charge in [0.1, 0.15) is 6.29 Å². The highest BCUT2D eigenvalue weighted by molar-refractivity contribution is 7.12. The monoisotopic (exact) mass is 262 g/mol. The molecule has 0 spiro atoms. The maximum Gasteiger partial charge on any atom is 0.142 e. The normalized spacial score (nSPS) is 17.1. The molecule has 0 saturated heterocycles. The van der Waals surface area contributed by atoms with Crippen LogP contribution < -0.4 is 0 Å². The van der Waals surface area contributed by atoms with E-state index in [1.54, 1.807) is 6.08 Å². The Morgan fingerprint density at radius 2 is 1.94 bits per heavy atom. The lowest BCUT2D eigenvalue weighted by atomic mass is 9.91. The van der Waals surface area contributed by atoms with E-state index in [2.05, 4.69) is 20.8 Å². The summed E-state index contributed by atoms with van der Waals surface area (Å²) in [6.07, 6.45) is 9.90. The summed E-state index contributed by atoms with van der Waals surface area (Å²) in [6, 6.07) is 0. The highest BCUT2D eigenvalue weighted by Gasteiger charge is 2.25. The number of aryl methyl sites for hydroxylation is 1. The Kier molecular flexibility index (Phi) is 4.39. The molecular formula is C16H22OS. The van der Waals surface area contributed by atoms with E-state index in [4.69, 9.17) is 0 Å². The molecule has 1 fully saturated rings. The number of hydrogen-bond donors (Lipinski definition) is 0. The summed E-state index contributed by atoms with van der Waals surface area (Å²) >= 11 is 1.92. The fourth-order valence-electron chi connectivity index (χ4n) is 3.06. The van der Waals surface area contributed by atoms with Crippen LogP contribution in [0.25, 0.3) is 6.08 Å². The molecule has 1 aromatic heterocycles. The maximum absolute atomic E-state index is 10.6. The van der Waals surface area contributed by atoms with Crippen LogP contribution in [0.5, 0.6) is 0 Å². The summed E-state index contributed by atoms with van der Waals surface area (Å²) in [7, 11) is 0. The summed E-state index contributed by atoms with van der Waals surface area (Å²) in [4.78, 5) is 13.5. The number of hydrogen-bond acceptors (Lipinski definition) is 2. The second-order valence-electron chi connectivity index (χ2n) is 5.48. The highest BCUT2D eigenvalue weighted by atomic mass is 32.1. The largest absolute Gasteiger partial charge is 0.299 e. The van der Waals surface area contributed by atoms with Crippen molar-refractivity contribution in [2.45, 2.75) is 58.3 Å². The molecule has 0 atom stereocenters. The van der Waals surface area contributed by atoms with Crippen molar-refractivity contribution in [3.63, 3.8) is 0 Å². The first-order valence-electron chi connectivity index (χ1n) is 6.90. The molecule has 0 bridgehead atoms. The molecule has 1 nitrogen and oxygen atoms in total. The minimum absolute atomic E-state index is 0.537. The van der Waals surface area contributed by atoms with Crippen LogP contribution in [-0.4, -0.2) is 6.29 Å². The number of carbonyl (C=O) groups is 1. The molecular weight excluding hydrogens is 240 g/mol. The van der Waals surface area contributed by atoms with Crippen LogP contribution in [0, 0.1) is 6.92 Å². The number of allylic oxidation sites excluding steroid dienone is 1. The number of rotatable bonds is 4. The zero-order chi connectivity index (χ0) is 13.1. The Morgan fingerprint density at radius 1 is 1.28 bits per heavy atom. The van der Waals surface area contributed by atoms with Crippen molar-refractivity contribution in [1.29, 1.82) is 0 Å². The smallest absolute Gasteiger partial charge is 0.142 e. The SMILES string of the molecule is Cc1sc(C(C)C)c(/C=C/C=O)c1C1CCCC1. The molecule has 0 radical (unpaired) electrons. The molecule has 1 aliphatic carbocycles. The van der Waals surface area contributed by atoms with E-state index in [0.29, 0.717) is 5.92 Å². The first-order chi connectivity index (χ1) is 8.65. The van der Waals surface area contributed by atoms with Crippen LogP contribution in [0.15, 0.2) is 6.08 Å². The van der Waals surface area contributed by atoms with Gasteiger partial charge in [-0.2, -0.15) is 0 Å². The quantitative estimate of drug-likeness (QED) is 0.548. The molecule has 1 saturated carbocycles. The Hall–Kier alpha value is -0.890. The Morgan fingerprint density at radius 3 is 2.50 bits per heavy atom. The van der Waals surface area contributed by atoms with Gasteiger partial charge in [-0.05, 0) is 48.8 Å². The van der Waals surface area contributed by atoms with Crippen molar-refractivity contribution < 1.29 is 4.79 Å². The molecule has 0 aromatic carbocycles. The van der Waals surface area contributed by atoms with Crippen molar-refractivity contribution in [2.24, 2.45) is 0 Å². The van der Waals surface area contributed by atoms with Gasteiger partial charge in [0.05, 0.1) is 0 Å². The summed E-state index contributed by atoms with van der Waals surface area (Å²) in [5.41, 5.74) is 2.87. The van der Waals surface area contributed by atoms with Gasteiger partial charge in [0.2, 0.25) is 0 Å². The average Bonchev–Trinajstić information content (AvgIpc) is 2.93. The van der Waals surface area contributed by atoms with Gasteiger partial charge in [-0.15, -0.1) is 11.3 Å². The minimum Gasteiger partial charge on any atom is -0.299 e. The summed E-state index contributed by atoms with van der Waals surface area (Å²) in [6.45, 7) is 6.71. The first-order valence-corrected chi connectivity index (χ1v) is 7.71. The highest BCUT2D eigenvalue weighted by Crippen LogP contribution is 2.44. The third kappa shape index (κ3) is 2.59. The molecule has 1 aromatic rings. The van der Waals surface area contributed by atoms with Gasteiger partial charge in [-0.25, -0.2) is 0 Å². The zero-order valence-corrected chi connectivity index (χ0v) is 12.3. The minimum atomic E-state index is 0.537. The van der Waals surface area contributed by atoms with Crippen molar-refractivity contribution in [3.8, 4) is 0 Å². The van der Waals surface area contributed by atoms with Gasteiger partial charge in [-0.3, -0.25) is 4.79 Å². The average molecular weight is 262 g/mol. The van der Waals surface area contributed by atoms with Crippen LogP contribution in [0.1, 0.15) is 72.2 Å². The van der Waals surface area contributed by atoms with Crippen molar-refractivity contribution in [1.82, 2.24) is 0 Å². The molecule has 1 aliphatic rings. The van der Waals surface area contributed by atoms with E-state index in [1.807, 2.05) is 17.4 Å². The number of carbonyl (C=O) groups excluding carboxylic acids is 1. The summed E-state index contributed by atoms with van der Waals surface area (Å²) in [5.74, 6) is 1.26. The Bertz CT molecular complexity index is 448. The second kappa shape index (κ2) is 5.83. The van der Waals surface area contributed by atoms with Crippen LogP contribution in [0.2, 0.25) is 0 Å². The molecule has 2 heteroatoms. The van der Waals surface area contributed by atoms with Crippen LogP contribution in [0.4, 0.5) is 0 Å². The number of aldehydes is 1. The van der Waals surface area contributed by atoms with Gasteiger partial charge in [-0.1, -0.05) is 32.8 Å². The maximum atomic E-state index is 10.6. The Labute approximate surface area is 114 Å².